The zero-order chi connectivity index (χ0) is 12.1. The third kappa shape index (κ3) is 3.96. The van der Waals surface area contributed by atoms with Gasteiger partial charge < -0.3 is 14.7 Å². The van der Waals surface area contributed by atoms with Crippen LogP contribution in [0.2, 0.25) is 0 Å². The van der Waals surface area contributed by atoms with Crippen molar-refractivity contribution in [1.29, 1.82) is 0 Å². The largest absolute Gasteiger partial charge is 0.481 e. The maximum Gasteiger partial charge on any atom is 0.303 e. The molecular formula is C13H23NO3. The number of likely N-dealkylation sites (tertiary alicyclic amines) is 1. The van der Waals surface area contributed by atoms with Crippen molar-refractivity contribution in [1.82, 2.24) is 4.90 Å². The van der Waals surface area contributed by atoms with Gasteiger partial charge in [0, 0.05) is 26.2 Å². The summed E-state index contributed by atoms with van der Waals surface area (Å²) >= 11 is 0. The molecule has 2 rings (SSSR count). The van der Waals surface area contributed by atoms with Gasteiger partial charge in [-0.1, -0.05) is 0 Å². The molecule has 98 valence electrons. The molecule has 0 radical (unpaired) electrons. The monoisotopic (exact) mass is 241 g/mol. The van der Waals surface area contributed by atoms with Crippen LogP contribution in [0.3, 0.4) is 0 Å². The van der Waals surface area contributed by atoms with Crippen LogP contribution in [0.4, 0.5) is 0 Å². The lowest BCUT2D eigenvalue weighted by Gasteiger charge is -2.32. The van der Waals surface area contributed by atoms with Crippen LogP contribution in [0.25, 0.3) is 0 Å². The zero-order valence-corrected chi connectivity index (χ0v) is 10.4. The first kappa shape index (κ1) is 12.8. The lowest BCUT2D eigenvalue weighted by Crippen LogP contribution is -2.34. The van der Waals surface area contributed by atoms with Gasteiger partial charge in [-0.15, -0.1) is 0 Å². The molecule has 1 unspecified atom stereocenters. The Bertz CT molecular complexity index is 245. The molecular weight excluding hydrogens is 218 g/mol. The van der Waals surface area contributed by atoms with Crippen LogP contribution in [0, 0.1) is 11.8 Å². The number of aliphatic carboxylic acids is 1. The van der Waals surface area contributed by atoms with Crippen molar-refractivity contribution in [3.63, 3.8) is 0 Å². The predicted octanol–water partition coefficient (Wildman–Crippen LogP) is 1.60. The standard InChI is InChI=1S/C13H23NO3/c15-13(16)9-12(10-14-5-1-2-6-14)11-3-7-17-8-4-11/h11-12H,1-10H2,(H,15,16). The number of ether oxygens (including phenoxy) is 1. The molecule has 0 bridgehead atoms. The van der Waals surface area contributed by atoms with E-state index in [1.807, 2.05) is 0 Å². The molecule has 4 heteroatoms. The third-order valence-corrected chi connectivity index (χ3v) is 4.06. The van der Waals surface area contributed by atoms with Crippen LogP contribution in [-0.2, 0) is 9.53 Å². The van der Waals surface area contributed by atoms with Gasteiger partial charge in [0.2, 0.25) is 0 Å². The lowest BCUT2D eigenvalue weighted by molar-refractivity contribution is -0.139. The fourth-order valence-electron chi connectivity index (χ4n) is 3.09. The SMILES string of the molecule is O=C(O)CC(CN1CCCC1)C1CCOCC1. The summed E-state index contributed by atoms with van der Waals surface area (Å²) in [5.74, 6) is 0.204. The molecule has 0 aromatic rings. The Morgan fingerprint density at radius 2 is 1.94 bits per heavy atom. The first-order chi connectivity index (χ1) is 8.25. The van der Waals surface area contributed by atoms with Crippen LogP contribution in [0.15, 0.2) is 0 Å². The van der Waals surface area contributed by atoms with Crippen LogP contribution in [0.1, 0.15) is 32.1 Å². The fourth-order valence-corrected chi connectivity index (χ4v) is 3.09. The first-order valence-electron chi connectivity index (χ1n) is 6.77. The number of rotatable bonds is 5. The van der Waals surface area contributed by atoms with E-state index in [0.717, 1.165) is 45.7 Å². The Balaban J connectivity index is 1.88. The Kier molecular flexibility index (Phi) is 4.80. The lowest BCUT2D eigenvalue weighted by atomic mass is 9.83. The van der Waals surface area contributed by atoms with E-state index in [-0.39, 0.29) is 0 Å². The van der Waals surface area contributed by atoms with E-state index in [2.05, 4.69) is 4.90 Å². The molecule has 0 amide bonds. The molecule has 0 aromatic carbocycles. The van der Waals surface area contributed by atoms with E-state index in [4.69, 9.17) is 9.84 Å². The molecule has 2 saturated heterocycles. The van der Waals surface area contributed by atoms with Crippen LogP contribution < -0.4 is 0 Å². The molecule has 0 aliphatic carbocycles. The molecule has 0 saturated carbocycles. The second-order valence-corrected chi connectivity index (χ2v) is 5.32. The summed E-state index contributed by atoms with van der Waals surface area (Å²) in [5, 5.41) is 9.04. The Labute approximate surface area is 103 Å². The molecule has 17 heavy (non-hydrogen) atoms. The summed E-state index contributed by atoms with van der Waals surface area (Å²) in [7, 11) is 0. The molecule has 2 heterocycles. The summed E-state index contributed by atoms with van der Waals surface area (Å²) in [6.07, 6.45) is 4.93. The molecule has 0 aromatic heterocycles. The Morgan fingerprint density at radius 1 is 1.29 bits per heavy atom. The summed E-state index contributed by atoms with van der Waals surface area (Å²) in [6.45, 7) is 4.89. The van der Waals surface area contributed by atoms with Gasteiger partial charge in [-0.3, -0.25) is 4.79 Å². The summed E-state index contributed by atoms with van der Waals surface area (Å²) in [5.41, 5.74) is 0. The average Bonchev–Trinajstić information content (AvgIpc) is 2.82. The minimum atomic E-state index is -0.652. The highest BCUT2D eigenvalue weighted by molar-refractivity contribution is 5.67. The topological polar surface area (TPSA) is 49.8 Å². The molecule has 1 N–H and O–H groups in total. The van der Waals surface area contributed by atoms with E-state index in [1.165, 1.54) is 12.8 Å². The van der Waals surface area contributed by atoms with E-state index in [1.54, 1.807) is 0 Å². The van der Waals surface area contributed by atoms with Crippen molar-refractivity contribution in [3.05, 3.63) is 0 Å². The van der Waals surface area contributed by atoms with Crippen molar-refractivity contribution < 1.29 is 14.6 Å². The van der Waals surface area contributed by atoms with Crippen LogP contribution in [-0.4, -0.2) is 48.8 Å². The minimum absolute atomic E-state index is 0.314. The Morgan fingerprint density at radius 3 is 2.53 bits per heavy atom. The van der Waals surface area contributed by atoms with E-state index in [0.29, 0.717) is 18.3 Å². The number of carbonyl (C=O) groups is 1. The quantitative estimate of drug-likeness (QED) is 0.794. The summed E-state index contributed by atoms with van der Waals surface area (Å²) in [4.78, 5) is 13.4. The fraction of sp³-hybridized carbons (Fsp3) is 0.923. The number of hydrogen-bond acceptors (Lipinski definition) is 3. The van der Waals surface area contributed by atoms with Crippen molar-refractivity contribution in [3.8, 4) is 0 Å². The van der Waals surface area contributed by atoms with Crippen LogP contribution in [0.5, 0.6) is 0 Å². The highest BCUT2D eigenvalue weighted by atomic mass is 16.5. The number of carboxylic acid groups (broad SMARTS) is 1. The highest BCUT2D eigenvalue weighted by Crippen LogP contribution is 2.28. The molecule has 0 spiro atoms. The first-order valence-corrected chi connectivity index (χ1v) is 6.77. The van der Waals surface area contributed by atoms with Crippen molar-refractivity contribution in [2.24, 2.45) is 11.8 Å². The van der Waals surface area contributed by atoms with E-state index in [9.17, 15) is 4.79 Å². The van der Waals surface area contributed by atoms with Gasteiger partial charge >= 0.3 is 5.97 Å². The normalized spacial score (nSPS) is 24.9. The molecule has 2 aliphatic rings. The maximum atomic E-state index is 11.0. The Hall–Kier alpha value is -0.610. The average molecular weight is 241 g/mol. The smallest absolute Gasteiger partial charge is 0.303 e. The zero-order valence-electron chi connectivity index (χ0n) is 10.4. The van der Waals surface area contributed by atoms with Crippen molar-refractivity contribution in [2.75, 3.05) is 32.8 Å². The molecule has 4 nitrogen and oxygen atoms in total. The van der Waals surface area contributed by atoms with Gasteiger partial charge in [0.1, 0.15) is 0 Å². The molecule has 2 fully saturated rings. The predicted molar refractivity (Wildman–Crippen MR) is 65.0 cm³/mol. The minimum Gasteiger partial charge on any atom is -0.481 e. The number of carboxylic acids is 1. The molecule has 2 aliphatic heterocycles. The van der Waals surface area contributed by atoms with Gasteiger partial charge in [0.05, 0.1) is 0 Å². The highest BCUT2D eigenvalue weighted by Gasteiger charge is 2.28. The summed E-state index contributed by atoms with van der Waals surface area (Å²) < 4.78 is 5.36. The number of nitrogens with zero attached hydrogens (tertiary/aromatic N) is 1. The molecule has 1 atom stereocenters. The summed E-state index contributed by atoms with van der Waals surface area (Å²) in [6, 6.07) is 0. The second-order valence-electron chi connectivity index (χ2n) is 5.32. The van der Waals surface area contributed by atoms with E-state index < -0.39 is 5.97 Å². The van der Waals surface area contributed by atoms with E-state index >= 15 is 0 Å². The van der Waals surface area contributed by atoms with Gasteiger partial charge in [-0.05, 0) is 50.6 Å². The maximum absolute atomic E-state index is 11.0. The van der Waals surface area contributed by atoms with Crippen molar-refractivity contribution >= 4 is 5.97 Å². The van der Waals surface area contributed by atoms with Crippen molar-refractivity contribution in [2.45, 2.75) is 32.1 Å². The third-order valence-electron chi connectivity index (χ3n) is 4.06. The van der Waals surface area contributed by atoms with Gasteiger partial charge in [0.25, 0.3) is 0 Å². The van der Waals surface area contributed by atoms with Gasteiger partial charge in [-0.25, -0.2) is 0 Å². The van der Waals surface area contributed by atoms with Crippen LogP contribution >= 0.6 is 0 Å². The number of hydrogen-bond donors (Lipinski definition) is 1. The van der Waals surface area contributed by atoms with Gasteiger partial charge in [-0.2, -0.15) is 0 Å². The van der Waals surface area contributed by atoms with Gasteiger partial charge in [0.15, 0.2) is 0 Å². The second kappa shape index (κ2) is 6.36.